The Morgan fingerprint density at radius 2 is 0.727 bits per heavy atom. The van der Waals surface area contributed by atoms with Gasteiger partial charge in [0.05, 0.1) is 63.3 Å². The molecule has 0 radical (unpaired) electrons. The van der Waals surface area contributed by atoms with Gasteiger partial charge in [-0.2, -0.15) is 0 Å². The molecule has 0 bridgehead atoms. The second-order valence-corrected chi connectivity index (χ2v) is 29.3. The standard InChI is InChI=1S/C76H80N8O2.2Pt/c1-71(2,3)49-33-45(55-25-19-27-63-65(55)81-69(83(63)53-23-21-29-77-42-53)57-37-51(73(7,8)9)39-59(67(57)85)75(13,14)15)31-47(35-49)61-41-62(80-44-79-61)48-32-46(34-50(36-48)72(4,5)6)56-26-20-28-64-66(56)82-70(84(64)54-24-22-30-78-43-54)58-38-52(74(10,11)12)40-60(68(58)86)76(16,17)18;;/h19-30,33-44,85-86H,1-18H3;;/q-2;;. The number of aromatic nitrogens is 8. The Balaban J connectivity index is 0.00000461. The van der Waals surface area contributed by atoms with Crippen LogP contribution in [-0.4, -0.2) is 49.3 Å². The van der Waals surface area contributed by atoms with Crippen molar-refractivity contribution in [3.05, 3.63) is 192 Å². The molecule has 0 aliphatic carbocycles. The van der Waals surface area contributed by atoms with Crippen LogP contribution in [-0.2, 0) is 74.6 Å². The number of hydrogen-bond donors (Lipinski definition) is 2. The molecule has 6 aromatic carbocycles. The van der Waals surface area contributed by atoms with Crippen LogP contribution in [0.3, 0.4) is 0 Å². The van der Waals surface area contributed by atoms with E-state index in [1.54, 1.807) is 18.7 Å². The molecule has 458 valence electrons. The zero-order valence-electron chi connectivity index (χ0n) is 54.0. The van der Waals surface area contributed by atoms with Crippen molar-refractivity contribution in [2.24, 2.45) is 0 Å². The molecule has 0 aliphatic heterocycles. The second-order valence-electron chi connectivity index (χ2n) is 29.3. The van der Waals surface area contributed by atoms with E-state index in [1.807, 2.05) is 42.7 Å². The van der Waals surface area contributed by atoms with E-state index in [0.717, 1.165) is 100 Å². The van der Waals surface area contributed by atoms with Gasteiger partial charge in [-0.05, 0) is 92.1 Å². The van der Waals surface area contributed by atoms with Crippen LogP contribution in [0.2, 0.25) is 0 Å². The van der Waals surface area contributed by atoms with Gasteiger partial charge in [-0.1, -0.05) is 189 Å². The Kier molecular flexibility index (Phi) is 17.4. The monoisotopic (exact) mass is 1530 g/mol. The van der Waals surface area contributed by atoms with E-state index in [2.05, 4.69) is 241 Å². The fraction of sp³-hybridized carbons (Fsp3) is 0.316. The summed E-state index contributed by atoms with van der Waals surface area (Å²) in [7, 11) is 0. The molecule has 88 heavy (non-hydrogen) atoms. The number of rotatable bonds is 8. The smallest absolute Gasteiger partial charge is 0.148 e. The molecule has 2 N–H and O–H groups in total. The molecule has 0 unspecified atom stereocenters. The van der Waals surface area contributed by atoms with Crippen molar-refractivity contribution in [1.82, 2.24) is 39.0 Å². The molecule has 0 saturated carbocycles. The van der Waals surface area contributed by atoms with Crippen LogP contribution >= 0.6 is 0 Å². The second kappa shape index (κ2) is 23.5. The van der Waals surface area contributed by atoms with Crippen LogP contribution in [0.1, 0.15) is 158 Å². The molecule has 0 atom stereocenters. The van der Waals surface area contributed by atoms with Crippen molar-refractivity contribution >= 4 is 22.1 Å². The molecule has 5 heterocycles. The molecule has 11 aromatic rings. The average Bonchev–Trinajstić information content (AvgIpc) is 1.93. The van der Waals surface area contributed by atoms with Crippen molar-refractivity contribution in [2.75, 3.05) is 0 Å². The van der Waals surface area contributed by atoms with Crippen LogP contribution in [0.4, 0.5) is 0 Å². The van der Waals surface area contributed by atoms with Crippen LogP contribution < -0.4 is 0 Å². The Labute approximate surface area is 549 Å². The van der Waals surface area contributed by atoms with Gasteiger partial charge in [-0.3, -0.25) is 29.1 Å². The Hall–Kier alpha value is -7.38. The van der Waals surface area contributed by atoms with Gasteiger partial charge in [-0.15, -0.1) is 58.7 Å². The van der Waals surface area contributed by atoms with Crippen LogP contribution in [0.5, 0.6) is 11.5 Å². The number of imidazole rings is 2. The number of pyridine rings is 2. The van der Waals surface area contributed by atoms with Gasteiger partial charge in [0.1, 0.15) is 23.1 Å². The molecule has 0 fully saturated rings. The topological polar surface area (TPSA) is 128 Å². The van der Waals surface area contributed by atoms with E-state index in [0.29, 0.717) is 34.2 Å². The molecule has 0 spiro atoms. The molecular formula is C76H80N8O2Pt2-2. The Morgan fingerprint density at radius 1 is 0.375 bits per heavy atom. The van der Waals surface area contributed by atoms with E-state index in [4.69, 9.17) is 19.9 Å². The van der Waals surface area contributed by atoms with Crippen LogP contribution in [0.25, 0.3) is 101 Å². The summed E-state index contributed by atoms with van der Waals surface area (Å²) < 4.78 is 4.23. The third kappa shape index (κ3) is 12.5. The Bertz CT molecular complexity index is 4150. The van der Waals surface area contributed by atoms with Crippen molar-refractivity contribution in [1.29, 1.82) is 0 Å². The molecule has 12 heteroatoms. The van der Waals surface area contributed by atoms with Gasteiger partial charge < -0.3 is 10.2 Å². The van der Waals surface area contributed by atoms with Gasteiger partial charge in [0.25, 0.3) is 0 Å². The van der Waals surface area contributed by atoms with E-state index >= 15 is 0 Å². The summed E-state index contributed by atoms with van der Waals surface area (Å²) in [5.41, 5.74) is 17.3. The van der Waals surface area contributed by atoms with Crippen molar-refractivity contribution < 1.29 is 52.3 Å². The largest absolute Gasteiger partial charge is 0.507 e. The summed E-state index contributed by atoms with van der Waals surface area (Å²) in [5.74, 6) is 1.66. The number of para-hydroxylation sites is 2. The third-order valence-corrected chi connectivity index (χ3v) is 16.5. The number of hydrogen-bond acceptors (Lipinski definition) is 8. The molecule has 0 saturated heterocycles. The first kappa shape index (κ1) is 65.1. The first-order chi connectivity index (χ1) is 40.3. The fourth-order valence-electron chi connectivity index (χ4n) is 11.3. The quantitative estimate of drug-likeness (QED) is 0.144. The number of phenolic OH excluding ortho intramolecular Hbond substituents is 2. The van der Waals surface area contributed by atoms with Crippen LogP contribution in [0.15, 0.2) is 146 Å². The van der Waals surface area contributed by atoms with Gasteiger partial charge in [0, 0.05) is 77.0 Å². The maximum Gasteiger partial charge on any atom is 0.148 e. The summed E-state index contributed by atoms with van der Waals surface area (Å²) in [5, 5.41) is 24.7. The molecule has 0 aliphatic rings. The zero-order valence-corrected chi connectivity index (χ0v) is 58.5. The summed E-state index contributed by atoms with van der Waals surface area (Å²) in [6.45, 7) is 39.4. The SMILES string of the molecule is CC(C)(C)c1cc(-c2cc(-c3[c-]c(-c4cccc5c4nc(-c4cc(C(C)(C)C)cc(C(C)(C)C)c4O)n5-c4cccnc4)cc(C(C)(C)C)c3)ncn2)[c-]c(-c2cccc3c2nc(-c2cc(C(C)(C)C)cc(C(C)(C)C)c2O)n3-c2cccnc2)c1.[Pt].[Pt]. The predicted molar refractivity (Wildman–Crippen MR) is 353 cm³/mol. The fourth-order valence-corrected chi connectivity index (χ4v) is 11.3. The van der Waals surface area contributed by atoms with Crippen molar-refractivity contribution in [3.8, 4) is 90.4 Å². The number of aromatic hydroxyl groups is 2. The van der Waals surface area contributed by atoms with E-state index in [9.17, 15) is 10.2 Å². The van der Waals surface area contributed by atoms with Gasteiger partial charge >= 0.3 is 0 Å². The summed E-state index contributed by atoms with van der Waals surface area (Å²) in [6.07, 6.45) is 8.87. The van der Waals surface area contributed by atoms with Gasteiger partial charge in [-0.25, -0.2) is 9.97 Å². The molecular weight excluding hydrogens is 1450 g/mol. The molecule has 10 nitrogen and oxygen atoms in total. The van der Waals surface area contributed by atoms with Crippen molar-refractivity contribution in [3.63, 3.8) is 0 Å². The van der Waals surface area contributed by atoms with Gasteiger partial charge in [0.2, 0.25) is 0 Å². The molecule has 0 amide bonds. The Morgan fingerprint density at radius 3 is 1.06 bits per heavy atom. The first-order valence-electron chi connectivity index (χ1n) is 29.9. The summed E-state index contributed by atoms with van der Waals surface area (Å²) in [6, 6.07) is 47.5. The predicted octanol–water partition coefficient (Wildman–Crippen LogP) is 18.7. The first-order valence-corrected chi connectivity index (χ1v) is 29.9. The van der Waals surface area contributed by atoms with E-state index in [1.165, 1.54) is 0 Å². The van der Waals surface area contributed by atoms with Crippen molar-refractivity contribution in [2.45, 2.75) is 157 Å². The van der Waals surface area contributed by atoms with E-state index in [-0.39, 0.29) is 86.1 Å². The molecule has 5 aromatic heterocycles. The number of fused-ring (bicyclic) bond motifs is 2. The zero-order chi connectivity index (χ0) is 61.8. The van der Waals surface area contributed by atoms with Crippen LogP contribution in [0, 0.1) is 12.1 Å². The van der Waals surface area contributed by atoms with E-state index < -0.39 is 0 Å². The maximum atomic E-state index is 12.4. The third-order valence-electron chi connectivity index (χ3n) is 16.5. The molecule has 11 rings (SSSR count). The van der Waals surface area contributed by atoms with Gasteiger partial charge in [0.15, 0.2) is 0 Å². The minimum absolute atomic E-state index is 0. The normalized spacial score (nSPS) is 12.6. The number of phenols is 2. The summed E-state index contributed by atoms with van der Waals surface area (Å²) >= 11 is 0. The maximum absolute atomic E-state index is 12.4. The number of nitrogens with zero attached hydrogens (tertiary/aromatic N) is 8. The average molecular weight is 1530 g/mol. The minimum atomic E-state index is -0.347. The minimum Gasteiger partial charge on any atom is -0.507 e. The number of benzene rings is 6. The summed E-state index contributed by atoms with van der Waals surface area (Å²) in [4.78, 5) is 30.2.